The quantitative estimate of drug-likeness (QED) is 0.916. The van der Waals surface area contributed by atoms with Crippen LogP contribution >= 0.6 is 11.6 Å². The minimum Gasteiger partial charge on any atom is -0.451 e. The van der Waals surface area contributed by atoms with Gasteiger partial charge in [0.05, 0.1) is 16.5 Å². The third-order valence-corrected chi connectivity index (χ3v) is 6.01. The number of halogens is 1. The lowest BCUT2D eigenvalue weighted by Crippen LogP contribution is -2.29. The Bertz CT molecular complexity index is 828. The molecule has 0 bridgehead atoms. The van der Waals surface area contributed by atoms with Crippen LogP contribution in [0.4, 0.5) is 0 Å². The van der Waals surface area contributed by atoms with Crippen LogP contribution < -0.4 is 5.32 Å². The van der Waals surface area contributed by atoms with Crippen LogP contribution in [-0.4, -0.2) is 32.4 Å². The van der Waals surface area contributed by atoms with Gasteiger partial charge >= 0.3 is 0 Å². The molecule has 0 unspecified atom stereocenters. The van der Waals surface area contributed by atoms with Crippen molar-refractivity contribution in [2.75, 3.05) is 18.1 Å². The molecule has 7 heteroatoms. The van der Waals surface area contributed by atoms with Crippen molar-refractivity contribution in [3.8, 4) is 11.3 Å². The summed E-state index contributed by atoms with van der Waals surface area (Å²) in [6.45, 7) is 0.334. The van der Waals surface area contributed by atoms with Gasteiger partial charge < -0.3 is 9.73 Å². The van der Waals surface area contributed by atoms with E-state index in [1.807, 2.05) is 18.2 Å². The van der Waals surface area contributed by atoms with Gasteiger partial charge in [0.15, 0.2) is 15.6 Å². The van der Waals surface area contributed by atoms with Crippen molar-refractivity contribution in [3.05, 3.63) is 47.2 Å². The number of carbonyl (C=O) groups is 1. The molecule has 1 aromatic carbocycles. The second kappa shape index (κ2) is 6.37. The van der Waals surface area contributed by atoms with Gasteiger partial charge in [0.25, 0.3) is 5.91 Å². The molecule has 1 atom stereocenters. The fraction of sp³-hybridized carbons (Fsp3) is 0.312. The summed E-state index contributed by atoms with van der Waals surface area (Å²) >= 11 is 6.10. The lowest BCUT2D eigenvalue weighted by molar-refractivity contribution is 0.0921. The van der Waals surface area contributed by atoms with Gasteiger partial charge in [-0.1, -0.05) is 23.7 Å². The van der Waals surface area contributed by atoms with Gasteiger partial charge in [0.1, 0.15) is 5.76 Å². The van der Waals surface area contributed by atoms with Crippen molar-refractivity contribution >= 4 is 27.3 Å². The summed E-state index contributed by atoms with van der Waals surface area (Å²) in [4.78, 5) is 12.1. The number of nitrogens with one attached hydrogen (secondary N) is 1. The summed E-state index contributed by atoms with van der Waals surface area (Å²) in [6, 6.07) is 10.5. The summed E-state index contributed by atoms with van der Waals surface area (Å²) in [5.41, 5.74) is 0.718. The molecule has 1 fully saturated rings. The largest absolute Gasteiger partial charge is 0.451 e. The molecule has 1 aliphatic heterocycles. The van der Waals surface area contributed by atoms with Crippen LogP contribution in [0.3, 0.4) is 0 Å². The van der Waals surface area contributed by atoms with Gasteiger partial charge in [0, 0.05) is 12.1 Å². The Morgan fingerprint density at radius 1 is 1.26 bits per heavy atom. The van der Waals surface area contributed by atoms with Crippen molar-refractivity contribution < 1.29 is 17.6 Å². The van der Waals surface area contributed by atoms with E-state index in [1.54, 1.807) is 18.2 Å². The zero-order chi connectivity index (χ0) is 16.4. The van der Waals surface area contributed by atoms with E-state index in [2.05, 4.69) is 5.32 Å². The minimum atomic E-state index is -2.93. The van der Waals surface area contributed by atoms with Crippen molar-refractivity contribution in [1.29, 1.82) is 0 Å². The predicted molar refractivity (Wildman–Crippen MR) is 88.2 cm³/mol. The summed E-state index contributed by atoms with van der Waals surface area (Å²) in [5, 5.41) is 3.27. The smallest absolute Gasteiger partial charge is 0.287 e. The minimum absolute atomic E-state index is 0.0260. The van der Waals surface area contributed by atoms with E-state index in [0.717, 1.165) is 5.56 Å². The number of hydrogen-bond acceptors (Lipinski definition) is 4. The van der Waals surface area contributed by atoms with Crippen LogP contribution in [0.15, 0.2) is 40.8 Å². The van der Waals surface area contributed by atoms with Crippen molar-refractivity contribution in [3.63, 3.8) is 0 Å². The first-order valence-electron chi connectivity index (χ1n) is 7.28. The molecular formula is C16H16ClNO4S. The van der Waals surface area contributed by atoms with Gasteiger partial charge in [0.2, 0.25) is 0 Å². The van der Waals surface area contributed by atoms with Crippen molar-refractivity contribution in [2.24, 2.45) is 5.92 Å². The molecule has 0 radical (unpaired) electrons. The Kier molecular flexibility index (Phi) is 4.46. The van der Waals surface area contributed by atoms with Gasteiger partial charge in [-0.3, -0.25) is 4.79 Å². The third kappa shape index (κ3) is 3.76. The molecule has 1 N–H and O–H groups in total. The van der Waals surface area contributed by atoms with E-state index in [1.165, 1.54) is 0 Å². The molecule has 1 amide bonds. The highest BCUT2D eigenvalue weighted by Crippen LogP contribution is 2.29. The molecule has 2 heterocycles. The molecule has 2 aromatic rings. The number of rotatable bonds is 4. The zero-order valence-corrected chi connectivity index (χ0v) is 13.9. The number of amides is 1. The molecule has 0 saturated carbocycles. The molecule has 1 saturated heterocycles. The van der Waals surface area contributed by atoms with E-state index in [9.17, 15) is 13.2 Å². The van der Waals surface area contributed by atoms with Crippen molar-refractivity contribution in [1.82, 2.24) is 5.32 Å². The Labute approximate surface area is 139 Å². The highest BCUT2D eigenvalue weighted by atomic mass is 35.5. The Hall–Kier alpha value is -1.79. The molecular weight excluding hydrogens is 338 g/mol. The van der Waals surface area contributed by atoms with Crippen LogP contribution in [0.25, 0.3) is 11.3 Å². The number of carbonyl (C=O) groups excluding carboxylic acids is 1. The number of hydrogen-bond donors (Lipinski definition) is 1. The fourth-order valence-electron chi connectivity index (χ4n) is 2.62. The first kappa shape index (κ1) is 16.1. The van der Waals surface area contributed by atoms with Crippen LogP contribution in [0.1, 0.15) is 17.0 Å². The molecule has 0 aliphatic carbocycles. The van der Waals surface area contributed by atoms with E-state index < -0.39 is 9.84 Å². The van der Waals surface area contributed by atoms with E-state index in [4.69, 9.17) is 16.0 Å². The topological polar surface area (TPSA) is 76.4 Å². The summed E-state index contributed by atoms with van der Waals surface area (Å²) in [6.07, 6.45) is 0.589. The summed E-state index contributed by atoms with van der Waals surface area (Å²) < 4.78 is 28.4. The maximum atomic E-state index is 12.1. The second-order valence-corrected chi connectivity index (χ2v) is 8.26. The molecule has 1 aliphatic rings. The fourth-order valence-corrected chi connectivity index (χ4v) is 4.71. The van der Waals surface area contributed by atoms with Crippen LogP contribution in [0, 0.1) is 5.92 Å². The van der Waals surface area contributed by atoms with E-state index in [-0.39, 0.29) is 29.1 Å². The second-order valence-electron chi connectivity index (χ2n) is 5.62. The lowest BCUT2D eigenvalue weighted by atomic mass is 10.1. The number of benzene rings is 1. The summed E-state index contributed by atoms with van der Waals surface area (Å²) in [7, 11) is -2.93. The molecule has 3 rings (SSSR count). The maximum Gasteiger partial charge on any atom is 0.287 e. The van der Waals surface area contributed by atoms with Gasteiger partial charge in [-0.25, -0.2) is 8.42 Å². The average Bonchev–Trinajstić information content (AvgIpc) is 3.12. The van der Waals surface area contributed by atoms with Crippen LogP contribution in [0.2, 0.25) is 5.02 Å². The molecule has 122 valence electrons. The van der Waals surface area contributed by atoms with E-state index >= 15 is 0 Å². The molecule has 0 spiro atoms. The lowest BCUT2D eigenvalue weighted by Gasteiger charge is -2.08. The van der Waals surface area contributed by atoms with E-state index in [0.29, 0.717) is 23.7 Å². The van der Waals surface area contributed by atoms with Crippen LogP contribution in [0.5, 0.6) is 0 Å². The first-order chi connectivity index (χ1) is 10.9. The maximum absolute atomic E-state index is 12.1. The van der Waals surface area contributed by atoms with Gasteiger partial charge in [-0.2, -0.15) is 0 Å². The SMILES string of the molecule is O=C(NC[C@H]1CCS(=O)(=O)C1)c1ccc(-c2ccccc2Cl)o1. The zero-order valence-electron chi connectivity index (χ0n) is 12.3. The average molecular weight is 354 g/mol. The normalized spacial score (nSPS) is 19.6. The highest BCUT2D eigenvalue weighted by molar-refractivity contribution is 7.91. The Morgan fingerprint density at radius 2 is 2.04 bits per heavy atom. The Balaban J connectivity index is 1.64. The monoisotopic (exact) mass is 353 g/mol. The first-order valence-corrected chi connectivity index (χ1v) is 9.48. The standard InChI is InChI=1S/C16H16ClNO4S/c17-13-4-2-1-3-12(13)14-5-6-15(22-14)16(19)18-9-11-7-8-23(20,21)10-11/h1-6,11H,7-10H2,(H,18,19)/t11-/m1/s1. The predicted octanol–water partition coefficient (Wildman–Crippen LogP) is 2.76. The number of sulfone groups is 1. The highest BCUT2D eigenvalue weighted by Gasteiger charge is 2.28. The van der Waals surface area contributed by atoms with Gasteiger partial charge in [-0.15, -0.1) is 0 Å². The summed E-state index contributed by atoms with van der Waals surface area (Å²) in [5.74, 6) is 0.654. The number of furan rings is 1. The Morgan fingerprint density at radius 3 is 2.74 bits per heavy atom. The van der Waals surface area contributed by atoms with Gasteiger partial charge in [-0.05, 0) is 36.6 Å². The molecule has 1 aromatic heterocycles. The third-order valence-electron chi connectivity index (χ3n) is 3.85. The van der Waals surface area contributed by atoms with Crippen molar-refractivity contribution in [2.45, 2.75) is 6.42 Å². The molecule has 5 nitrogen and oxygen atoms in total. The molecule has 23 heavy (non-hydrogen) atoms. The van der Waals surface area contributed by atoms with Crippen LogP contribution in [-0.2, 0) is 9.84 Å².